The molecule has 0 radical (unpaired) electrons. The lowest BCUT2D eigenvalue weighted by atomic mass is 10.1. The number of carbonyl (C=O) groups is 1. The van der Waals surface area contributed by atoms with E-state index in [1.807, 2.05) is 6.07 Å². The van der Waals surface area contributed by atoms with Gasteiger partial charge >= 0.3 is 5.97 Å². The maximum absolute atomic E-state index is 11.4. The SMILES string of the molecule is CCOC(OCC)(C(=O)O)c1ccccc1. The van der Waals surface area contributed by atoms with Gasteiger partial charge in [0.25, 0.3) is 5.79 Å². The molecule has 0 spiro atoms. The molecule has 0 amide bonds. The first-order valence-corrected chi connectivity index (χ1v) is 5.24. The fourth-order valence-corrected chi connectivity index (χ4v) is 1.52. The van der Waals surface area contributed by atoms with E-state index >= 15 is 0 Å². The minimum absolute atomic E-state index is 0.265. The maximum atomic E-state index is 11.4. The van der Waals surface area contributed by atoms with Crippen LogP contribution in [-0.2, 0) is 20.1 Å². The Kier molecular flexibility index (Phi) is 4.46. The molecule has 4 heteroatoms. The second-order valence-corrected chi connectivity index (χ2v) is 3.15. The van der Waals surface area contributed by atoms with Crippen LogP contribution in [0.2, 0.25) is 0 Å². The molecular weight excluding hydrogens is 208 g/mol. The predicted octanol–water partition coefficient (Wildman–Crippen LogP) is 2.00. The van der Waals surface area contributed by atoms with Crippen molar-refractivity contribution < 1.29 is 19.4 Å². The molecule has 0 saturated carbocycles. The summed E-state index contributed by atoms with van der Waals surface area (Å²) in [4.78, 5) is 11.4. The molecule has 1 rings (SSSR count). The highest BCUT2D eigenvalue weighted by Crippen LogP contribution is 2.27. The lowest BCUT2D eigenvalue weighted by Crippen LogP contribution is -2.41. The summed E-state index contributed by atoms with van der Waals surface area (Å²) in [7, 11) is 0. The smallest absolute Gasteiger partial charge is 0.369 e. The lowest BCUT2D eigenvalue weighted by molar-refractivity contribution is -0.248. The Balaban J connectivity index is 3.15. The van der Waals surface area contributed by atoms with Crippen molar-refractivity contribution >= 4 is 5.97 Å². The number of carboxylic acids is 1. The molecule has 0 aliphatic carbocycles. The minimum Gasteiger partial charge on any atom is -0.477 e. The van der Waals surface area contributed by atoms with Gasteiger partial charge in [-0.05, 0) is 13.8 Å². The molecule has 4 nitrogen and oxygen atoms in total. The molecule has 16 heavy (non-hydrogen) atoms. The molecule has 0 atom stereocenters. The van der Waals surface area contributed by atoms with E-state index < -0.39 is 11.8 Å². The third-order valence-corrected chi connectivity index (χ3v) is 2.13. The average Bonchev–Trinajstić information content (AvgIpc) is 2.29. The largest absolute Gasteiger partial charge is 0.477 e. The molecule has 1 N–H and O–H groups in total. The number of hydrogen-bond donors (Lipinski definition) is 1. The zero-order valence-corrected chi connectivity index (χ0v) is 9.47. The molecule has 0 aliphatic rings. The summed E-state index contributed by atoms with van der Waals surface area (Å²) >= 11 is 0. The van der Waals surface area contributed by atoms with E-state index in [1.165, 1.54) is 0 Å². The summed E-state index contributed by atoms with van der Waals surface area (Å²) in [5, 5.41) is 9.29. The highest BCUT2D eigenvalue weighted by molar-refractivity contribution is 5.77. The van der Waals surface area contributed by atoms with Gasteiger partial charge in [0, 0.05) is 18.8 Å². The second-order valence-electron chi connectivity index (χ2n) is 3.15. The van der Waals surface area contributed by atoms with Crippen LogP contribution in [0.15, 0.2) is 30.3 Å². The van der Waals surface area contributed by atoms with Crippen LogP contribution in [0.3, 0.4) is 0 Å². The van der Waals surface area contributed by atoms with Crippen molar-refractivity contribution in [3.05, 3.63) is 35.9 Å². The lowest BCUT2D eigenvalue weighted by Gasteiger charge is -2.28. The molecule has 1 aromatic carbocycles. The molecule has 0 saturated heterocycles. The molecular formula is C12H16O4. The normalized spacial score (nSPS) is 11.4. The van der Waals surface area contributed by atoms with Gasteiger partial charge in [-0.15, -0.1) is 0 Å². The zero-order valence-electron chi connectivity index (χ0n) is 9.47. The first-order chi connectivity index (χ1) is 7.67. The maximum Gasteiger partial charge on any atom is 0.369 e. The predicted molar refractivity (Wildman–Crippen MR) is 59.0 cm³/mol. The van der Waals surface area contributed by atoms with E-state index in [2.05, 4.69) is 0 Å². The molecule has 0 unspecified atom stereocenters. The van der Waals surface area contributed by atoms with Gasteiger partial charge in [-0.25, -0.2) is 4.79 Å². The Morgan fingerprint density at radius 3 is 2.06 bits per heavy atom. The van der Waals surface area contributed by atoms with Gasteiger partial charge in [-0.3, -0.25) is 0 Å². The number of benzene rings is 1. The number of rotatable bonds is 6. The summed E-state index contributed by atoms with van der Waals surface area (Å²) in [5.41, 5.74) is 0.492. The van der Waals surface area contributed by atoms with Crippen LogP contribution in [0.5, 0.6) is 0 Å². The first-order valence-electron chi connectivity index (χ1n) is 5.24. The Hall–Kier alpha value is -1.39. The average molecular weight is 224 g/mol. The van der Waals surface area contributed by atoms with Gasteiger partial charge < -0.3 is 14.6 Å². The number of carboxylic acid groups (broad SMARTS) is 1. The van der Waals surface area contributed by atoms with Crippen molar-refractivity contribution in [3.8, 4) is 0 Å². The second kappa shape index (κ2) is 5.63. The number of aliphatic carboxylic acids is 1. The highest BCUT2D eigenvalue weighted by Gasteiger charge is 2.42. The zero-order chi connectivity index (χ0) is 12.0. The van der Waals surface area contributed by atoms with E-state index in [0.717, 1.165) is 0 Å². The van der Waals surface area contributed by atoms with Gasteiger partial charge in [0.15, 0.2) is 0 Å². The van der Waals surface area contributed by atoms with Crippen molar-refractivity contribution in [2.24, 2.45) is 0 Å². The van der Waals surface area contributed by atoms with Crippen LogP contribution in [-0.4, -0.2) is 24.3 Å². The third kappa shape index (κ3) is 2.40. The molecule has 0 bridgehead atoms. The van der Waals surface area contributed by atoms with Crippen molar-refractivity contribution in [3.63, 3.8) is 0 Å². The summed E-state index contributed by atoms with van der Waals surface area (Å²) < 4.78 is 10.6. The van der Waals surface area contributed by atoms with E-state index in [1.54, 1.807) is 38.1 Å². The van der Waals surface area contributed by atoms with E-state index in [-0.39, 0.29) is 13.2 Å². The highest BCUT2D eigenvalue weighted by atomic mass is 16.7. The molecule has 1 aromatic rings. The van der Waals surface area contributed by atoms with Crippen LogP contribution < -0.4 is 0 Å². The Morgan fingerprint density at radius 1 is 1.19 bits per heavy atom. The minimum atomic E-state index is -1.69. The van der Waals surface area contributed by atoms with Gasteiger partial charge in [-0.1, -0.05) is 30.3 Å². The quantitative estimate of drug-likeness (QED) is 0.751. The third-order valence-electron chi connectivity index (χ3n) is 2.13. The molecule has 88 valence electrons. The van der Waals surface area contributed by atoms with E-state index in [4.69, 9.17) is 9.47 Å². The fraction of sp³-hybridized carbons (Fsp3) is 0.417. The summed E-state index contributed by atoms with van der Waals surface area (Å²) in [6.07, 6.45) is 0. The monoisotopic (exact) mass is 224 g/mol. The Morgan fingerprint density at radius 2 is 1.69 bits per heavy atom. The molecule has 0 aliphatic heterocycles. The Bertz CT molecular complexity index is 328. The van der Waals surface area contributed by atoms with Crippen molar-refractivity contribution in [1.82, 2.24) is 0 Å². The number of hydrogen-bond acceptors (Lipinski definition) is 3. The summed E-state index contributed by atoms with van der Waals surface area (Å²) in [6.45, 7) is 4.00. The molecule has 0 heterocycles. The molecule has 0 aromatic heterocycles. The van der Waals surface area contributed by atoms with Crippen molar-refractivity contribution in [1.29, 1.82) is 0 Å². The van der Waals surface area contributed by atoms with Crippen LogP contribution in [0.25, 0.3) is 0 Å². The van der Waals surface area contributed by atoms with E-state index in [0.29, 0.717) is 5.56 Å². The summed E-state index contributed by atoms with van der Waals surface area (Å²) in [6, 6.07) is 8.68. The van der Waals surface area contributed by atoms with Crippen LogP contribution >= 0.6 is 0 Å². The van der Waals surface area contributed by atoms with Crippen LogP contribution in [0.4, 0.5) is 0 Å². The Labute approximate surface area is 94.8 Å². The number of ether oxygens (including phenoxy) is 2. The van der Waals surface area contributed by atoms with Gasteiger partial charge in [0.2, 0.25) is 0 Å². The topological polar surface area (TPSA) is 55.8 Å². The first kappa shape index (κ1) is 12.7. The van der Waals surface area contributed by atoms with Gasteiger partial charge in [-0.2, -0.15) is 0 Å². The van der Waals surface area contributed by atoms with Crippen LogP contribution in [0.1, 0.15) is 19.4 Å². The van der Waals surface area contributed by atoms with Crippen LogP contribution in [0, 0.1) is 0 Å². The molecule has 0 fully saturated rings. The van der Waals surface area contributed by atoms with Crippen molar-refractivity contribution in [2.45, 2.75) is 19.6 Å². The summed E-state index contributed by atoms with van der Waals surface area (Å²) in [5.74, 6) is -2.83. The standard InChI is InChI=1S/C12H16O4/c1-3-15-12(11(13)14,16-4-2)10-8-6-5-7-9-10/h5-9H,3-4H2,1-2H3,(H,13,14). The van der Waals surface area contributed by atoms with Gasteiger partial charge in [0.05, 0.1) is 0 Å². The van der Waals surface area contributed by atoms with Crippen molar-refractivity contribution in [2.75, 3.05) is 13.2 Å². The van der Waals surface area contributed by atoms with E-state index in [9.17, 15) is 9.90 Å². The fourth-order valence-electron chi connectivity index (χ4n) is 1.52. The van der Waals surface area contributed by atoms with Gasteiger partial charge in [0.1, 0.15) is 0 Å².